The average molecular weight is 281 g/mol. The van der Waals surface area contributed by atoms with Gasteiger partial charge in [0.1, 0.15) is 0 Å². The van der Waals surface area contributed by atoms with Crippen molar-refractivity contribution in [1.29, 1.82) is 0 Å². The first-order valence-electron chi connectivity index (χ1n) is 7.46. The summed E-state index contributed by atoms with van der Waals surface area (Å²) >= 11 is 5.96. The van der Waals surface area contributed by atoms with Gasteiger partial charge in [0.2, 0.25) is 0 Å². The number of nitrogens with one attached hydrogen (secondary N) is 1. The number of halogens is 1. The first kappa shape index (κ1) is 14.8. The van der Waals surface area contributed by atoms with E-state index in [4.69, 9.17) is 17.3 Å². The quantitative estimate of drug-likeness (QED) is 0.858. The van der Waals surface area contributed by atoms with Gasteiger partial charge in [-0.2, -0.15) is 0 Å². The van der Waals surface area contributed by atoms with Gasteiger partial charge >= 0.3 is 0 Å². The van der Waals surface area contributed by atoms with Gasteiger partial charge in [0, 0.05) is 17.1 Å². The van der Waals surface area contributed by atoms with Gasteiger partial charge in [-0.1, -0.05) is 43.5 Å². The maximum atomic E-state index is 5.96. The molecule has 3 N–H and O–H groups in total. The van der Waals surface area contributed by atoms with Gasteiger partial charge in [0.05, 0.1) is 0 Å². The minimum Gasteiger partial charge on any atom is -0.330 e. The molecular weight excluding hydrogens is 256 g/mol. The Morgan fingerprint density at radius 2 is 1.95 bits per heavy atom. The van der Waals surface area contributed by atoms with Crippen LogP contribution in [0.15, 0.2) is 24.3 Å². The van der Waals surface area contributed by atoms with Gasteiger partial charge < -0.3 is 11.1 Å². The summed E-state index contributed by atoms with van der Waals surface area (Å²) in [6, 6.07) is 9.19. The molecule has 3 atom stereocenters. The Labute approximate surface area is 121 Å². The van der Waals surface area contributed by atoms with Crippen molar-refractivity contribution >= 4 is 11.6 Å². The Kier molecular flexibility index (Phi) is 5.68. The minimum absolute atomic E-state index is 0.411. The summed E-state index contributed by atoms with van der Waals surface area (Å²) in [6.45, 7) is 3.03. The van der Waals surface area contributed by atoms with Crippen molar-refractivity contribution in [2.24, 2.45) is 11.7 Å². The highest BCUT2D eigenvalue weighted by atomic mass is 35.5. The standard InChI is InChI=1S/C16H25ClN2/c1-2-15(12-7-9-14(17)10-8-12)19-16-6-4-3-5-13(16)11-18/h7-10,13,15-16,19H,2-6,11,18H2,1H3. The molecule has 1 fully saturated rings. The summed E-state index contributed by atoms with van der Waals surface area (Å²) in [6.07, 6.45) is 6.27. The summed E-state index contributed by atoms with van der Waals surface area (Å²) < 4.78 is 0. The fourth-order valence-corrected chi connectivity index (χ4v) is 3.24. The molecule has 1 aliphatic carbocycles. The highest BCUT2D eigenvalue weighted by molar-refractivity contribution is 6.30. The molecule has 106 valence electrons. The Bertz CT molecular complexity index is 377. The van der Waals surface area contributed by atoms with Crippen LogP contribution in [0.4, 0.5) is 0 Å². The fraction of sp³-hybridized carbons (Fsp3) is 0.625. The molecule has 0 aromatic heterocycles. The van der Waals surface area contributed by atoms with Crippen LogP contribution in [0.3, 0.4) is 0 Å². The zero-order valence-corrected chi connectivity index (χ0v) is 12.5. The van der Waals surface area contributed by atoms with E-state index in [1.807, 2.05) is 12.1 Å². The third-order valence-corrected chi connectivity index (χ3v) is 4.56. The summed E-state index contributed by atoms with van der Waals surface area (Å²) in [7, 11) is 0. The summed E-state index contributed by atoms with van der Waals surface area (Å²) in [5, 5.41) is 4.62. The molecule has 3 heteroatoms. The van der Waals surface area contributed by atoms with Crippen LogP contribution in [0.2, 0.25) is 5.02 Å². The third kappa shape index (κ3) is 3.95. The molecule has 2 rings (SSSR count). The predicted molar refractivity (Wildman–Crippen MR) is 82.4 cm³/mol. The van der Waals surface area contributed by atoms with Crippen molar-refractivity contribution in [2.75, 3.05) is 6.54 Å². The van der Waals surface area contributed by atoms with E-state index in [1.54, 1.807) is 0 Å². The lowest BCUT2D eigenvalue weighted by Crippen LogP contribution is -2.43. The van der Waals surface area contributed by atoms with Crippen molar-refractivity contribution < 1.29 is 0 Å². The predicted octanol–water partition coefficient (Wildman–Crippen LogP) is 3.90. The minimum atomic E-state index is 0.411. The van der Waals surface area contributed by atoms with Crippen LogP contribution in [0, 0.1) is 5.92 Å². The van der Waals surface area contributed by atoms with Crippen LogP contribution in [-0.2, 0) is 0 Å². The molecular formula is C16H25ClN2. The highest BCUT2D eigenvalue weighted by Gasteiger charge is 2.25. The van der Waals surface area contributed by atoms with E-state index in [1.165, 1.54) is 31.2 Å². The normalized spacial score (nSPS) is 25.2. The molecule has 0 aliphatic heterocycles. The Balaban J connectivity index is 2.03. The zero-order valence-electron chi connectivity index (χ0n) is 11.7. The smallest absolute Gasteiger partial charge is 0.0406 e. The number of hydrogen-bond acceptors (Lipinski definition) is 2. The van der Waals surface area contributed by atoms with Gasteiger partial charge in [-0.05, 0) is 49.4 Å². The molecule has 2 nitrogen and oxygen atoms in total. The Morgan fingerprint density at radius 3 is 2.58 bits per heavy atom. The maximum absolute atomic E-state index is 5.96. The molecule has 1 aromatic rings. The van der Waals surface area contributed by atoms with E-state index in [0.29, 0.717) is 18.0 Å². The molecule has 19 heavy (non-hydrogen) atoms. The second-order valence-electron chi connectivity index (χ2n) is 5.57. The molecule has 0 heterocycles. The topological polar surface area (TPSA) is 38.0 Å². The van der Waals surface area contributed by atoms with Crippen molar-refractivity contribution in [1.82, 2.24) is 5.32 Å². The first-order chi connectivity index (χ1) is 9.24. The van der Waals surface area contributed by atoms with Crippen LogP contribution in [-0.4, -0.2) is 12.6 Å². The second kappa shape index (κ2) is 7.28. The van der Waals surface area contributed by atoms with Crippen LogP contribution in [0.1, 0.15) is 50.6 Å². The summed E-state index contributed by atoms with van der Waals surface area (Å²) in [5.41, 5.74) is 7.24. The third-order valence-electron chi connectivity index (χ3n) is 4.31. The van der Waals surface area contributed by atoms with Gasteiger partial charge in [0.15, 0.2) is 0 Å². The fourth-order valence-electron chi connectivity index (χ4n) is 3.11. The largest absolute Gasteiger partial charge is 0.330 e. The SMILES string of the molecule is CCC(NC1CCCCC1CN)c1ccc(Cl)cc1. The van der Waals surface area contributed by atoms with E-state index in [-0.39, 0.29) is 0 Å². The zero-order chi connectivity index (χ0) is 13.7. The molecule has 0 bridgehead atoms. The number of benzene rings is 1. The van der Waals surface area contributed by atoms with Crippen LogP contribution in [0.5, 0.6) is 0 Å². The Hall–Kier alpha value is -0.570. The van der Waals surface area contributed by atoms with Crippen molar-refractivity contribution in [3.05, 3.63) is 34.9 Å². The lowest BCUT2D eigenvalue weighted by Gasteiger charge is -2.34. The summed E-state index contributed by atoms with van der Waals surface area (Å²) in [5.74, 6) is 0.634. The van der Waals surface area contributed by atoms with Crippen LogP contribution < -0.4 is 11.1 Å². The van der Waals surface area contributed by atoms with Crippen molar-refractivity contribution in [3.8, 4) is 0 Å². The number of nitrogens with two attached hydrogens (primary N) is 1. The highest BCUT2D eigenvalue weighted by Crippen LogP contribution is 2.27. The van der Waals surface area contributed by atoms with Gasteiger partial charge in [0.25, 0.3) is 0 Å². The molecule has 0 radical (unpaired) electrons. The van der Waals surface area contributed by atoms with Crippen LogP contribution in [0.25, 0.3) is 0 Å². The second-order valence-corrected chi connectivity index (χ2v) is 6.00. The molecule has 1 saturated carbocycles. The lowest BCUT2D eigenvalue weighted by atomic mass is 9.83. The van der Waals surface area contributed by atoms with E-state index in [2.05, 4.69) is 24.4 Å². The van der Waals surface area contributed by atoms with E-state index >= 15 is 0 Å². The van der Waals surface area contributed by atoms with Gasteiger partial charge in [-0.25, -0.2) is 0 Å². The average Bonchev–Trinajstić information content (AvgIpc) is 2.46. The molecule has 1 aromatic carbocycles. The first-order valence-corrected chi connectivity index (χ1v) is 7.84. The van der Waals surface area contributed by atoms with E-state index < -0.39 is 0 Å². The lowest BCUT2D eigenvalue weighted by molar-refractivity contribution is 0.245. The maximum Gasteiger partial charge on any atom is 0.0406 e. The molecule has 0 amide bonds. The van der Waals surface area contributed by atoms with Crippen molar-refractivity contribution in [3.63, 3.8) is 0 Å². The van der Waals surface area contributed by atoms with Gasteiger partial charge in [-0.15, -0.1) is 0 Å². The van der Waals surface area contributed by atoms with E-state index in [9.17, 15) is 0 Å². The number of rotatable bonds is 5. The molecule has 3 unspecified atom stereocenters. The molecule has 0 saturated heterocycles. The van der Waals surface area contributed by atoms with E-state index in [0.717, 1.165) is 18.0 Å². The number of hydrogen-bond donors (Lipinski definition) is 2. The molecule has 0 spiro atoms. The van der Waals surface area contributed by atoms with Crippen LogP contribution >= 0.6 is 11.6 Å². The Morgan fingerprint density at radius 1 is 1.26 bits per heavy atom. The monoisotopic (exact) mass is 280 g/mol. The molecule has 1 aliphatic rings. The summed E-state index contributed by atoms with van der Waals surface area (Å²) in [4.78, 5) is 0. The van der Waals surface area contributed by atoms with Crippen molar-refractivity contribution in [2.45, 2.75) is 51.1 Å². The van der Waals surface area contributed by atoms with Gasteiger partial charge in [-0.3, -0.25) is 0 Å².